The predicted molar refractivity (Wildman–Crippen MR) is 86.4 cm³/mol. The van der Waals surface area contributed by atoms with Gasteiger partial charge in [-0.15, -0.1) is 0 Å². The molecule has 2 fully saturated rings. The van der Waals surface area contributed by atoms with E-state index in [0.29, 0.717) is 25.4 Å². The maximum atomic E-state index is 11.6. The van der Waals surface area contributed by atoms with Crippen molar-refractivity contribution in [1.29, 1.82) is 0 Å². The van der Waals surface area contributed by atoms with E-state index in [4.69, 9.17) is 0 Å². The number of hydrogen-bond acceptors (Lipinski definition) is 4. The summed E-state index contributed by atoms with van der Waals surface area (Å²) in [6.45, 7) is 8.38. The molecule has 0 bridgehead atoms. The number of nitrogens with zero attached hydrogens (tertiary/aromatic N) is 1. The molecule has 1 saturated carbocycles. The van der Waals surface area contributed by atoms with Crippen molar-refractivity contribution in [2.75, 3.05) is 26.2 Å². The Bertz CT molecular complexity index is 399. The summed E-state index contributed by atoms with van der Waals surface area (Å²) in [4.78, 5) is 13.4. The van der Waals surface area contributed by atoms with E-state index < -0.39 is 6.10 Å². The molecule has 0 aromatic carbocycles. The van der Waals surface area contributed by atoms with Gasteiger partial charge in [-0.25, -0.2) is 0 Å². The first-order valence-electron chi connectivity index (χ1n) is 8.57. The van der Waals surface area contributed by atoms with Crippen LogP contribution < -0.4 is 5.32 Å². The highest BCUT2D eigenvalue weighted by Crippen LogP contribution is 2.43. The first kappa shape index (κ1) is 17.7. The third-order valence-electron chi connectivity index (χ3n) is 5.08. The minimum absolute atomic E-state index is 0.0934. The number of β-amino-alcohol motifs (C(OH)–C–C–N with tert-alkyl or cyclic N) is 1. The van der Waals surface area contributed by atoms with Crippen LogP contribution in [0.2, 0.25) is 0 Å². The maximum absolute atomic E-state index is 11.6. The van der Waals surface area contributed by atoms with Crippen molar-refractivity contribution in [1.82, 2.24) is 10.2 Å². The Balaban J connectivity index is 1.88. The van der Waals surface area contributed by atoms with Crippen LogP contribution in [-0.4, -0.2) is 58.9 Å². The highest BCUT2D eigenvalue weighted by atomic mass is 16.3. The molecule has 0 aromatic rings. The minimum Gasteiger partial charge on any atom is -0.394 e. The molecule has 3 atom stereocenters. The smallest absolute Gasteiger partial charge is 0.222 e. The lowest BCUT2D eigenvalue weighted by atomic mass is 9.64. The van der Waals surface area contributed by atoms with Crippen LogP contribution in [0.25, 0.3) is 0 Å². The first-order valence-corrected chi connectivity index (χ1v) is 8.57. The van der Waals surface area contributed by atoms with E-state index in [2.05, 4.69) is 26.1 Å². The normalized spacial score (nSPS) is 33.2. The highest BCUT2D eigenvalue weighted by molar-refractivity contribution is 5.78. The van der Waals surface area contributed by atoms with Crippen LogP contribution in [0.1, 0.15) is 52.9 Å². The van der Waals surface area contributed by atoms with Crippen LogP contribution in [0.4, 0.5) is 0 Å². The van der Waals surface area contributed by atoms with Crippen LogP contribution in [0.3, 0.4) is 0 Å². The monoisotopic (exact) mass is 312 g/mol. The Morgan fingerprint density at radius 3 is 2.68 bits per heavy atom. The quantitative estimate of drug-likeness (QED) is 0.688. The summed E-state index contributed by atoms with van der Waals surface area (Å²) in [6.07, 6.45) is 3.93. The van der Waals surface area contributed by atoms with Gasteiger partial charge in [0.05, 0.1) is 12.7 Å². The van der Waals surface area contributed by atoms with Crippen LogP contribution in [-0.2, 0) is 4.79 Å². The molecule has 3 N–H and O–H groups in total. The third kappa shape index (κ3) is 4.43. The fraction of sp³-hybridized carbons (Fsp3) is 0.941. The number of carbonyl (C=O) groups is 1. The molecular formula is C17H32N2O3. The molecule has 3 unspecified atom stereocenters. The number of hydrogen-bond donors (Lipinski definition) is 3. The van der Waals surface area contributed by atoms with Crippen molar-refractivity contribution in [3.8, 4) is 0 Å². The average Bonchev–Trinajstić information content (AvgIpc) is 2.80. The Morgan fingerprint density at radius 2 is 2.14 bits per heavy atom. The fourth-order valence-electron chi connectivity index (χ4n) is 4.60. The molecule has 22 heavy (non-hydrogen) atoms. The largest absolute Gasteiger partial charge is 0.394 e. The molecule has 0 spiro atoms. The lowest BCUT2D eigenvalue weighted by Crippen LogP contribution is -2.57. The summed E-state index contributed by atoms with van der Waals surface area (Å²) in [5, 5.41) is 23.6. The maximum Gasteiger partial charge on any atom is 0.222 e. The van der Waals surface area contributed by atoms with Crippen molar-refractivity contribution in [3.63, 3.8) is 0 Å². The summed E-state index contributed by atoms with van der Waals surface area (Å²) in [7, 11) is 0. The van der Waals surface area contributed by atoms with Crippen molar-refractivity contribution in [3.05, 3.63) is 0 Å². The van der Waals surface area contributed by atoms with Crippen LogP contribution >= 0.6 is 0 Å². The molecule has 1 aliphatic carbocycles. The zero-order chi connectivity index (χ0) is 16.4. The standard InChI is InChI=1S/C17H32N2O3/c1-13-7-16(2,3)11-17(8-13,12-20)18-9-14(21)10-19-6-4-5-15(19)22/h13-14,18,20-21H,4-12H2,1-3H3. The number of rotatable bonds is 6. The molecular weight excluding hydrogens is 280 g/mol. The van der Waals surface area contributed by atoms with Gasteiger partial charge >= 0.3 is 0 Å². The van der Waals surface area contributed by atoms with Crippen molar-refractivity contribution in [2.45, 2.75) is 64.5 Å². The van der Waals surface area contributed by atoms with Gasteiger partial charge in [0.25, 0.3) is 0 Å². The van der Waals surface area contributed by atoms with Crippen LogP contribution in [0, 0.1) is 11.3 Å². The van der Waals surface area contributed by atoms with Gasteiger partial charge in [0.1, 0.15) is 0 Å². The van der Waals surface area contributed by atoms with Crippen molar-refractivity contribution in [2.24, 2.45) is 11.3 Å². The van der Waals surface area contributed by atoms with Gasteiger partial charge in [-0.1, -0.05) is 20.8 Å². The third-order valence-corrected chi connectivity index (χ3v) is 5.08. The lowest BCUT2D eigenvalue weighted by Gasteiger charge is -2.47. The Hall–Kier alpha value is -0.650. The molecule has 128 valence electrons. The molecule has 0 radical (unpaired) electrons. The van der Waals surface area contributed by atoms with Gasteiger partial charge in [0.2, 0.25) is 5.91 Å². The van der Waals surface area contributed by atoms with E-state index in [9.17, 15) is 15.0 Å². The summed E-state index contributed by atoms with van der Waals surface area (Å²) in [5.41, 5.74) is -0.111. The zero-order valence-electron chi connectivity index (χ0n) is 14.3. The minimum atomic E-state index is -0.578. The van der Waals surface area contributed by atoms with Gasteiger partial charge < -0.3 is 20.4 Å². The van der Waals surface area contributed by atoms with Gasteiger partial charge in [-0.05, 0) is 37.0 Å². The highest BCUT2D eigenvalue weighted by Gasteiger charge is 2.42. The number of aliphatic hydroxyl groups is 2. The number of carbonyl (C=O) groups excluding carboxylic acids is 1. The number of amides is 1. The van der Waals surface area contributed by atoms with Crippen molar-refractivity contribution < 1.29 is 15.0 Å². The molecule has 2 rings (SSSR count). The van der Waals surface area contributed by atoms with Gasteiger partial charge in [0, 0.05) is 31.6 Å². The molecule has 1 aliphatic heterocycles. The van der Waals surface area contributed by atoms with Crippen LogP contribution in [0.15, 0.2) is 0 Å². The lowest BCUT2D eigenvalue weighted by molar-refractivity contribution is -0.128. The fourth-order valence-corrected chi connectivity index (χ4v) is 4.60. The van der Waals surface area contributed by atoms with Gasteiger partial charge in [0.15, 0.2) is 0 Å². The molecule has 5 heteroatoms. The number of aliphatic hydroxyl groups excluding tert-OH is 2. The molecule has 2 aliphatic rings. The topological polar surface area (TPSA) is 72.8 Å². The second-order valence-electron chi connectivity index (χ2n) is 8.27. The summed E-state index contributed by atoms with van der Waals surface area (Å²) < 4.78 is 0. The summed E-state index contributed by atoms with van der Waals surface area (Å²) in [6, 6.07) is 0. The average molecular weight is 312 g/mol. The predicted octanol–water partition coefficient (Wildman–Crippen LogP) is 1.14. The molecule has 1 amide bonds. The second-order valence-corrected chi connectivity index (χ2v) is 8.27. The number of nitrogens with one attached hydrogen (secondary N) is 1. The molecule has 0 aromatic heterocycles. The summed E-state index contributed by atoms with van der Waals surface area (Å²) in [5.74, 6) is 0.698. The van der Waals surface area contributed by atoms with Gasteiger partial charge in [-0.2, -0.15) is 0 Å². The molecule has 5 nitrogen and oxygen atoms in total. The Morgan fingerprint density at radius 1 is 1.41 bits per heavy atom. The first-order chi connectivity index (χ1) is 10.3. The van der Waals surface area contributed by atoms with E-state index in [-0.39, 0.29) is 23.5 Å². The Kier molecular flexibility index (Phi) is 5.51. The van der Waals surface area contributed by atoms with E-state index in [1.807, 2.05) is 0 Å². The van der Waals surface area contributed by atoms with Crippen LogP contribution in [0.5, 0.6) is 0 Å². The van der Waals surface area contributed by atoms with Crippen molar-refractivity contribution >= 4 is 5.91 Å². The van der Waals surface area contributed by atoms with Gasteiger partial charge in [-0.3, -0.25) is 4.79 Å². The van der Waals surface area contributed by atoms with E-state index in [0.717, 1.165) is 25.8 Å². The molecule has 1 heterocycles. The van der Waals surface area contributed by atoms with E-state index in [1.54, 1.807) is 4.90 Å². The Labute approximate surface area is 134 Å². The van der Waals surface area contributed by atoms with E-state index >= 15 is 0 Å². The SMILES string of the molecule is CC1CC(C)(C)CC(CO)(NCC(O)CN2CCCC2=O)C1. The zero-order valence-corrected chi connectivity index (χ0v) is 14.3. The summed E-state index contributed by atoms with van der Waals surface area (Å²) >= 11 is 0. The van der Waals surface area contributed by atoms with E-state index in [1.165, 1.54) is 6.42 Å². The number of likely N-dealkylation sites (tertiary alicyclic amines) is 1. The second kappa shape index (κ2) is 6.85. The molecule has 1 saturated heterocycles.